The minimum atomic E-state index is -0.210. The molecule has 0 saturated heterocycles. The average molecular weight is 382 g/mol. The van der Waals surface area contributed by atoms with Gasteiger partial charge < -0.3 is 20.3 Å². The molecule has 27 heavy (non-hydrogen) atoms. The first-order valence-corrected chi connectivity index (χ1v) is 9.46. The smallest absolute Gasteiger partial charge is 0.270 e. The van der Waals surface area contributed by atoms with Crippen molar-refractivity contribution in [2.75, 3.05) is 37.5 Å². The van der Waals surface area contributed by atoms with E-state index in [1.807, 2.05) is 73.6 Å². The molecule has 0 fully saturated rings. The second kappa shape index (κ2) is 9.05. The number of hydrogen-bond acceptors (Lipinski definition) is 6. The molecule has 1 amide bonds. The quantitative estimate of drug-likeness (QED) is 0.581. The number of hydrogen-bond donors (Lipinski definition) is 2. The molecule has 2 aromatic carbocycles. The average Bonchev–Trinajstić information content (AvgIpc) is 3.14. The lowest BCUT2D eigenvalue weighted by Gasteiger charge is -2.13. The Morgan fingerprint density at radius 2 is 1.96 bits per heavy atom. The molecule has 1 heterocycles. The number of thiazole rings is 1. The Bertz CT molecular complexity index is 880. The van der Waals surface area contributed by atoms with Gasteiger partial charge in [-0.25, -0.2) is 4.98 Å². The molecule has 2 N–H and O–H groups in total. The van der Waals surface area contributed by atoms with Gasteiger partial charge in [-0.3, -0.25) is 4.79 Å². The van der Waals surface area contributed by atoms with Gasteiger partial charge in [-0.1, -0.05) is 24.3 Å². The van der Waals surface area contributed by atoms with Crippen molar-refractivity contribution in [3.8, 4) is 5.75 Å². The molecule has 0 bridgehead atoms. The number of benzene rings is 2. The second-order valence-corrected chi connectivity index (χ2v) is 6.88. The molecule has 0 aliphatic rings. The number of ether oxygens (including phenoxy) is 1. The normalized spacial score (nSPS) is 10.3. The van der Waals surface area contributed by atoms with Crippen LogP contribution >= 0.6 is 11.3 Å². The SMILES string of the molecule is CN(C)c1cccc(Nc2nc(C(=O)NCCOc3ccccc3)cs2)c1. The van der Waals surface area contributed by atoms with Gasteiger partial charge in [0.1, 0.15) is 18.1 Å². The van der Waals surface area contributed by atoms with Crippen LogP contribution in [0.5, 0.6) is 5.75 Å². The van der Waals surface area contributed by atoms with E-state index in [2.05, 4.69) is 15.6 Å². The Hall–Kier alpha value is -3.06. The maximum atomic E-state index is 12.2. The fourth-order valence-corrected chi connectivity index (χ4v) is 3.07. The van der Waals surface area contributed by atoms with Gasteiger partial charge in [-0.2, -0.15) is 0 Å². The number of aromatic nitrogens is 1. The van der Waals surface area contributed by atoms with E-state index < -0.39 is 0 Å². The molecule has 140 valence electrons. The van der Waals surface area contributed by atoms with Crippen molar-refractivity contribution in [2.24, 2.45) is 0 Å². The second-order valence-electron chi connectivity index (χ2n) is 6.03. The highest BCUT2D eigenvalue weighted by Crippen LogP contribution is 2.24. The molecule has 0 spiro atoms. The number of para-hydroxylation sites is 1. The Kier molecular flexibility index (Phi) is 6.27. The summed E-state index contributed by atoms with van der Waals surface area (Å²) in [5.74, 6) is 0.574. The maximum Gasteiger partial charge on any atom is 0.270 e. The molecule has 0 aliphatic carbocycles. The van der Waals surface area contributed by atoms with E-state index in [-0.39, 0.29) is 5.91 Å². The van der Waals surface area contributed by atoms with Crippen LogP contribution in [-0.4, -0.2) is 38.1 Å². The number of amides is 1. The van der Waals surface area contributed by atoms with Crippen molar-refractivity contribution in [2.45, 2.75) is 0 Å². The van der Waals surface area contributed by atoms with Crippen molar-refractivity contribution in [3.05, 3.63) is 65.7 Å². The highest BCUT2D eigenvalue weighted by Gasteiger charge is 2.10. The van der Waals surface area contributed by atoms with Gasteiger partial charge in [0.25, 0.3) is 5.91 Å². The third-order valence-corrected chi connectivity index (χ3v) is 4.51. The predicted octanol–water partition coefficient (Wildman–Crippen LogP) is 3.76. The maximum absolute atomic E-state index is 12.2. The topological polar surface area (TPSA) is 66.5 Å². The minimum Gasteiger partial charge on any atom is -0.492 e. The number of nitrogens with one attached hydrogen (secondary N) is 2. The Morgan fingerprint density at radius 1 is 1.15 bits per heavy atom. The van der Waals surface area contributed by atoms with Gasteiger partial charge in [0.05, 0.1) is 6.54 Å². The molecular formula is C20H22N4O2S. The summed E-state index contributed by atoms with van der Waals surface area (Å²) in [5.41, 5.74) is 2.41. The molecule has 7 heteroatoms. The van der Waals surface area contributed by atoms with Crippen LogP contribution in [0, 0.1) is 0 Å². The standard InChI is InChI=1S/C20H22N4O2S/c1-24(2)16-8-6-7-15(13-16)22-20-23-18(14-27-20)19(25)21-11-12-26-17-9-4-3-5-10-17/h3-10,13-14H,11-12H2,1-2H3,(H,21,25)(H,22,23). The Morgan fingerprint density at radius 3 is 2.74 bits per heavy atom. The van der Waals surface area contributed by atoms with E-state index in [9.17, 15) is 4.79 Å². The first-order chi connectivity index (χ1) is 13.1. The van der Waals surface area contributed by atoms with Gasteiger partial charge in [-0.15, -0.1) is 11.3 Å². The van der Waals surface area contributed by atoms with Crippen LogP contribution in [-0.2, 0) is 0 Å². The van der Waals surface area contributed by atoms with Crippen LogP contribution in [0.1, 0.15) is 10.5 Å². The fraction of sp³-hybridized carbons (Fsp3) is 0.200. The summed E-state index contributed by atoms with van der Waals surface area (Å²) in [6.07, 6.45) is 0. The molecule has 6 nitrogen and oxygen atoms in total. The molecule has 3 rings (SSSR count). The zero-order valence-corrected chi connectivity index (χ0v) is 16.1. The summed E-state index contributed by atoms with van der Waals surface area (Å²) in [5, 5.41) is 8.47. The van der Waals surface area contributed by atoms with Crippen molar-refractivity contribution in [3.63, 3.8) is 0 Å². The third-order valence-electron chi connectivity index (χ3n) is 3.75. The number of carbonyl (C=O) groups is 1. The van der Waals surface area contributed by atoms with Gasteiger partial charge in [0, 0.05) is 30.9 Å². The van der Waals surface area contributed by atoms with E-state index in [1.165, 1.54) is 11.3 Å². The summed E-state index contributed by atoms with van der Waals surface area (Å²) in [7, 11) is 3.99. The Labute approximate surface area is 162 Å². The van der Waals surface area contributed by atoms with Crippen molar-refractivity contribution in [1.29, 1.82) is 0 Å². The van der Waals surface area contributed by atoms with E-state index in [0.29, 0.717) is 24.0 Å². The first kappa shape index (κ1) is 18.7. The van der Waals surface area contributed by atoms with Gasteiger partial charge >= 0.3 is 0 Å². The first-order valence-electron chi connectivity index (χ1n) is 8.58. The zero-order chi connectivity index (χ0) is 19.1. The van der Waals surface area contributed by atoms with E-state index in [4.69, 9.17) is 4.74 Å². The predicted molar refractivity (Wildman–Crippen MR) is 110 cm³/mol. The van der Waals surface area contributed by atoms with Crippen LogP contribution in [0.25, 0.3) is 0 Å². The molecular weight excluding hydrogens is 360 g/mol. The fourth-order valence-electron chi connectivity index (χ4n) is 2.36. The molecule has 0 atom stereocenters. The lowest BCUT2D eigenvalue weighted by molar-refractivity contribution is 0.0943. The number of nitrogens with zero attached hydrogens (tertiary/aromatic N) is 2. The zero-order valence-electron chi connectivity index (χ0n) is 15.3. The van der Waals surface area contributed by atoms with Crippen LogP contribution < -0.4 is 20.3 Å². The summed E-state index contributed by atoms with van der Waals surface area (Å²) in [4.78, 5) is 18.6. The van der Waals surface area contributed by atoms with Crippen molar-refractivity contribution in [1.82, 2.24) is 10.3 Å². The summed E-state index contributed by atoms with van der Waals surface area (Å²) in [6.45, 7) is 0.821. The molecule has 0 aliphatic heterocycles. The molecule has 0 unspecified atom stereocenters. The number of carbonyl (C=O) groups excluding carboxylic acids is 1. The highest BCUT2D eigenvalue weighted by molar-refractivity contribution is 7.14. The van der Waals surface area contributed by atoms with Gasteiger partial charge in [-0.05, 0) is 30.3 Å². The van der Waals surface area contributed by atoms with Crippen LogP contribution in [0.3, 0.4) is 0 Å². The van der Waals surface area contributed by atoms with E-state index in [1.54, 1.807) is 5.38 Å². The van der Waals surface area contributed by atoms with Crippen LogP contribution in [0.4, 0.5) is 16.5 Å². The van der Waals surface area contributed by atoms with Crippen LogP contribution in [0.2, 0.25) is 0 Å². The van der Waals surface area contributed by atoms with Crippen LogP contribution in [0.15, 0.2) is 60.0 Å². The monoisotopic (exact) mass is 382 g/mol. The molecule has 0 saturated carbocycles. The van der Waals surface area contributed by atoms with Crippen molar-refractivity contribution < 1.29 is 9.53 Å². The van der Waals surface area contributed by atoms with Crippen molar-refractivity contribution >= 4 is 33.8 Å². The van der Waals surface area contributed by atoms with E-state index in [0.717, 1.165) is 17.1 Å². The van der Waals surface area contributed by atoms with E-state index >= 15 is 0 Å². The minimum absolute atomic E-state index is 0.210. The number of rotatable bonds is 8. The molecule has 1 aromatic heterocycles. The summed E-state index contributed by atoms with van der Waals surface area (Å²) >= 11 is 1.40. The van der Waals surface area contributed by atoms with Gasteiger partial charge in [0.2, 0.25) is 0 Å². The molecule has 3 aromatic rings. The summed E-state index contributed by atoms with van der Waals surface area (Å²) in [6, 6.07) is 17.5. The Balaban J connectivity index is 1.49. The summed E-state index contributed by atoms with van der Waals surface area (Å²) < 4.78 is 5.56. The van der Waals surface area contributed by atoms with Gasteiger partial charge in [0.15, 0.2) is 5.13 Å². The lowest BCUT2D eigenvalue weighted by Crippen LogP contribution is -2.28. The highest BCUT2D eigenvalue weighted by atomic mass is 32.1. The third kappa shape index (κ3) is 5.46. The molecule has 0 radical (unpaired) electrons. The lowest BCUT2D eigenvalue weighted by atomic mass is 10.2. The number of anilines is 3. The largest absolute Gasteiger partial charge is 0.492 e.